The lowest BCUT2D eigenvalue weighted by Crippen LogP contribution is -2.68. The summed E-state index contributed by atoms with van der Waals surface area (Å²) >= 11 is 0. The molecule has 4 N–H and O–H groups in total. The molecule has 3 fully saturated rings. The van der Waals surface area contributed by atoms with Gasteiger partial charge in [0.25, 0.3) is 17.4 Å². The van der Waals surface area contributed by atoms with E-state index in [0.29, 0.717) is 16.9 Å². The maximum Gasteiger partial charge on any atom is 0.287 e. The molecule has 1 atom stereocenters. The van der Waals surface area contributed by atoms with Crippen molar-refractivity contribution >= 4 is 51.8 Å². The van der Waals surface area contributed by atoms with Crippen LogP contribution in [0.15, 0.2) is 51.8 Å². The van der Waals surface area contributed by atoms with Crippen LogP contribution in [0.1, 0.15) is 49.6 Å². The molecule has 13 nitrogen and oxygen atoms in total. The van der Waals surface area contributed by atoms with Gasteiger partial charge in [0.1, 0.15) is 23.9 Å². The molecule has 3 aromatic rings. The summed E-state index contributed by atoms with van der Waals surface area (Å²) in [6.45, 7) is 1.72. The number of nitrogens with one attached hydrogen (secondary N) is 4. The molecule has 2 aromatic heterocycles. The highest BCUT2D eigenvalue weighted by atomic mass is 16.3. The summed E-state index contributed by atoms with van der Waals surface area (Å²) in [5.74, 6) is -2.70. The number of benzene rings is 1. The fourth-order valence-electron chi connectivity index (χ4n) is 5.65. The molecule has 0 aliphatic heterocycles. The van der Waals surface area contributed by atoms with E-state index < -0.39 is 35.1 Å². The van der Waals surface area contributed by atoms with Crippen LogP contribution in [0.5, 0.6) is 0 Å². The lowest BCUT2D eigenvalue weighted by Gasteiger charge is -2.61. The number of hydrogen-bond donors (Lipinski definition) is 4. The van der Waals surface area contributed by atoms with Crippen LogP contribution in [0.3, 0.4) is 0 Å². The number of nitrogens with zero attached hydrogens (tertiary/aromatic N) is 2. The molecule has 0 unspecified atom stereocenters. The number of carbonyl (C=O) groups is 5. The third-order valence-electron chi connectivity index (χ3n) is 8.15. The number of hydrogen-bond acceptors (Lipinski definition) is 8. The first kappa shape index (κ1) is 30.5. The number of aromatic nitrogens is 1. The number of ketones is 1. The zero-order chi connectivity index (χ0) is 31.6. The van der Waals surface area contributed by atoms with Gasteiger partial charge >= 0.3 is 0 Å². The molecular weight excluding hydrogens is 568 g/mol. The standard InChI is InChI=1S/C31H36N6O7/c1-4-32-28(41)23(38)10-9-21(33-29(42)25-12-19-7-8-20(36(2)3)13-24(19)44-25)27(40)34-22-6-5-11-37(30(22)43)17-26(39)35-31-14-18(15-31)16-31/h5-8,11-13,18,21H,4,9-10,14-17H2,1-3H3,(H,32,41)(H,33,42)(H,34,40)(H,35,39)/t18?,21-,31?/m0/s1. The molecule has 3 aliphatic carbocycles. The Bertz CT molecular complexity index is 1670. The number of likely N-dealkylation sites (N-methyl/N-ethyl adjacent to an activating group) is 1. The largest absolute Gasteiger partial charge is 0.451 e. The average Bonchev–Trinajstić information content (AvgIpc) is 3.38. The van der Waals surface area contributed by atoms with Crippen molar-refractivity contribution in [2.24, 2.45) is 5.92 Å². The molecule has 0 radical (unpaired) electrons. The number of carbonyl (C=O) groups excluding carboxylic acids is 5. The van der Waals surface area contributed by atoms with Crippen LogP contribution in [0.2, 0.25) is 0 Å². The predicted octanol–water partition coefficient (Wildman–Crippen LogP) is 1.55. The molecule has 13 heteroatoms. The molecule has 2 heterocycles. The normalized spacial score (nSPS) is 18.8. The van der Waals surface area contributed by atoms with Crippen molar-refractivity contribution in [3.05, 3.63) is 58.7 Å². The monoisotopic (exact) mass is 604 g/mol. The molecule has 232 valence electrons. The van der Waals surface area contributed by atoms with E-state index >= 15 is 0 Å². The highest BCUT2D eigenvalue weighted by molar-refractivity contribution is 6.36. The third-order valence-corrected chi connectivity index (χ3v) is 8.15. The molecule has 3 aliphatic rings. The van der Waals surface area contributed by atoms with Gasteiger partial charge in [-0.1, -0.05) is 0 Å². The fraction of sp³-hybridized carbons (Fsp3) is 0.419. The lowest BCUT2D eigenvalue weighted by molar-refractivity contribution is -0.138. The topological polar surface area (TPSA) is 172 Å². The van der Waals surface area contributed by atoms with Crippen LogP contribution in [0.4, 0.5) is 11.4 Å². The van der Waals surface area contributed by atoms with Gasteiger partial charge in [-0.3, -0.25) is 28.8 Å². The van der Waals surface area contributed by atoms with Gasteiger partial charge in [-0.2, -0.15) is 0 Å². The second kappa shape index (κ2) is 12.3. The van der Waals surface area contributed by atoms with Gasteiger partial charge < -0.3 is 35.2 Å². The van der Waals surface area contributed by atoms with Crippen LogP contribution in [0, 0.1) is 5.92 Å². The van der Waals surface area contributed by atoms with Crippen molar-refractivity contribution in [2.45, 2.75) is 57.2 Å². The Morgan fingerprint density at radius 2 is 1.84 bits per heavy atom. The Hall–Kier alpha value is -4.94. The molecule has 2 bridgehead atoms. The highest BCUT2D eigenvalue weighted by Gasteiger charge is 2.57. The van der Waals surface area contributed by atoms with E-state index in [2.05, 4.69) is 21.3 Å². The Labute approximate surface area is 253 Å². The number of amides is 4. The summed E-state index contributed by atoms with van der Waals surface area (Å²) in [4.78, 5) is 78.5. The minimum atomic E-state index is -1.30. The minimum absolute atomic E-state index is 0.0550. The molecule has 4 amide bonds. The minimum Gasteiger partial charge on any atom is -0.451 e. The maximum atomic E-state index is 13.4. The summed E-state index contributed by atoms with van der Waals surface area (Å²) in [6.07, 6.45) is 3.79. The molecule has 0 spiro atoms. The predicted molar refractivity (Wildman–Crippen MR) is 162 cm³/mol. The van der Waals surface area contributed by atoms with Gasteiger partial charge in [-0.05, 0) is 68.9 Å². The van der Waals surface area contributed by atoms with E-state index in [4.69, 9.17) is 4.42 Å². The summed E-state index contributed by atoms with van der Waals surface area (Å²) in [7, 11) is 3.74. The van der Waals surface area contributed by atoms with Crippen molar-refractivity contribution < 1.29 is 28.4 Å². The third kappa shape index (κ3) is 6.51. The number of furan rings is 1. The van der Waals surface area contributed by atoms with Crippen molar-refractivity contribution in [2.75, 3.05) is 30.9 Å². The van der Waals surface area contributed by atoms with Gasteiger partial charge in [-0.25, -0.2) is 0 Å². The number of pyridine rings is 1. The first-order chi connectivity index (χ1) is 21.0. The molecule has 1 aromatic carbocycles. The van der Waals surface area contributed by atoms with E-state index in [-0.39, 0.29) is 48.8 Å². The Morgan fingerprint density at radius 1 is 1.09 bits per heavy atom. The van der Waals surface area contributed by atoms with E-state index in [1.54, 1.807) is 19.1 Å². The van der Waals surface area contributed by atoms with Crippen LogP contribution in [-0.4, -0.2) is 66.2 Å². The maximum absolute atomic E-state index is 13.4. The average molecular weight is 605 g/mol. The van der Waals surface area contributed by atoms with Crippen molar-refractivity contribution in [1.29, 1.82) is 0 Å². The smallest absolute Gasteiger partial charge is 0.287 e. The number of Topliss-reactive ketones (excluding diaryl/α,β-unsaturated/α-hetero) is 1. The van der Waals surface area contributed by atoms with Gasteiger partial charge in [0.2, 0.25) is 17.6 Å². The van der Waals surface area contributed by atoms with E-state index in [1.165, 1.54) is 29.0 Å². The fourth-order valence-corrected chi connectivity index (χ4v) is 5.65. The second-order valence-electron chi connectivity index (χ2n) is 11.7. The Balaban J connectivity index is 1.30. The summed E-state index contributed by atoms with van der Waals surface area (Å²) in [5.41, 5.74) is 0.487. The van der Waals surface area contributed by atoms with Crippen molar-refractivity contribution in [3.8, 4) is 0 Å². The van der Waals surface area contributed by atoms with Crippen LogP contribution >= 0.6 is 0 Å². The van der Waals surface area contributed by atoms with Crippen LogP contribution in [0.25, 0.3) is 11.0 Å². The quantitative estimate of drug-likeness (QED) is 0.213. The molecule has 44 heavy (non-hydrogen) atoms. The van der Waals surface area contributed by atoms with Crippen LogP contribution < -0.4 is 31.7 Å². The first-order valence-electron chi connectivity index (χ1n) is 14.6. The number of anilines is 2. The molecule has 0 saturated heterocycles. The number of rotatable bonds is 13. The summed E-state index contributed by atoms with van der Waals surface area (Å²) < 4.78 is 6.94. The lowest BCUT2D eigenvalue weighted by atomic mass is 9.50. The SMILES string of the molecule is CCNC(=O)C(=O)CC[C@H](NC(=O)c1cc2ccc(N(C)C)cc2o1)C(=O)Nc1cccn(CC(=O)NC23CC(C2)C3)c1=O. The van der Waals surface area contributed by atoms with Crippen LogP contribution in [-0.2, 0) is 25.7 Å². The second-order valence-corrected chi connectivity index (χ2v) is 11.7. The molecular formula is C31H36N6O7. The van der Waals surface area contributed by atoms with Gasteiger partial charge in [0.05, 0.1) is 0 Å². The van der Waals surface area contributed by atoms with E-state index in [9.17, 15) is 28.8 Å². The van der Waals surface area contributed by atoms with Gasteiger partial charge in [0, 0.05) is 55.9 Å². The first-order valence-corrected chi connectivity index (χ1v) is 14.6. The van der Waals surface area contributed by atoms with Gasteiger partial charge in [0.15, 0.2) is 5.76 Å². The summed E-state index contributed by atoms with van der Waals surface area (Å²) in [6, 6.07) is 8.59. The zero-order valence-corrected chi connectivity index (χ0v) is 24.9. The van der Waals surface area contributed by atoms with E-state index in [0.717, 1.165) is 24.9 Å². The molecule has 3 saturated carbocycles. The Morgan fingerprint density at radius 3 is 2.50 bits per heavy atom. The van der Waals surface area contributed by atoms with E-state index in [1.807, 2.05) is 25.1 Å². The summed E-state index contributed by atoms with van der Waals surface area (Å²) in [5, 5.41) is 11.2. The highest BCUT2D eigenvalue weighted by Crippen LogP contribution is 2.56. The molecule has 6 rings (SSSR count). The van der Waals surface area contributed by atoms with Crippen molar-refractivity contribution in [1.82, 2.24) is 20.5 Å². The number of fused-ring (bicyclic) bond motifs is 1. The Kier molecular flexibility index (Phi) is 8.56. The zero-order valence-electron chi connectivity index (χ0n) is 24.9. The van der Waals surface area contributed by atoms with Crippen molar-refractivity contribution in [3.63, 3.8) is 0 Å². The van der Waals surface area contributed by atoms with Gasteiger partial charge in [-0.15, -0.1) is 0 Å².